The van der Waals surface area contributed by atoms with Gasteiger partial charge in [0.25, 0.3) is 0 Å². The van der Waals surface area contributed by atoms with Crippen LogP contribution in [0.25, 0.3) is 0 Å². The SMILES string of the molecule is CC(C)N(CCC(c1ccccc1)c1cccc(C(F)(F)F)c1O)C(C)C. The van der Waals surface area contributed by atoms with E-state index >= 15 is 0 Å². The maximum absolute atomic E-state index is 13.3. The molecule has 2 aromatic carbocycles. The molecule has 1 atom stereocenters. The lowest BCUT2D eigenvalue weighted by Gasteiger charge is -2.32. The van der Waals surface area contributed by atoms with Crippen molar-refractivity contribution in [2.24, 2.45) is 0 Å². The van der Waals surface area contributed by atoms with E-state index in [-0.39, 0.29) is 5.92 Å². The molecule has 2 rings (SSSR count). The first kappa shape index (κ1) is 21.3. The van der Waals surface area contributed by atoms with Crippen molar-refractivity contribution in [2.75, 3.05) is 6.54 Å². The highest BCUT2D eigenvalue weighted by atomic mass is 19.4. The van der Waals surface area contributed by atoms with Gasteiger partial charge < -0.3 is 5.11 Å². The molecule has 0 saturated carbocycles. The molecule has 2 nitrogen and oxygen atoms in total. The van der Waals surface area contributed by atoms with Crippen LogP contribution in [-0.2, 0) is 6.18 Å². The first-order valence-corrected chi connectivity index (χ1v) is 9.32. The molecule has 0 aliphatic rings. The summed E-state index contributed by atoms with van der Waals surface area (Å²) in [5.41, 5.74) is 0.244. The predicted molar refractivity (Wildman–Crippen MR) is 103 cm³/mol. The van der Waals surface area contributed by atoms with Gasteiger partial charge in [0.1, 0.15) is 5.75 Å². The third-order valence-electron chi connectivity index (χ3n) is 4.95. The predicted octanol–water partition coefficient (Wildman–Crippen LogP) is 6.05. The zero-order valence-electron chi connectivity index (χ0n) is 16.3. The summed E-state index contributed by atoms with van der Waals surface area (Å²) in [6.45, 7) is 9.17. The van der Waals surface area contributed by atoms with Crippen LogP contribution >= 0.6 is 0 Å². The maximum atomic E-state index is 13.3. The monoisotopic (exact) mass is 379 g/mol. The molecule has 0 aliphatic carbocycles. The molecule has 0 bridgehead atoms. The lowest BCUT2D eigenvalue weighted by molar-refractivity contribution is -0.138. The minimum Gasteiger partial charge on any atom is -0.507 e. The van der Waals surface area contributed by atoms with Gasteiger partial charge in [-0.2, -0.15) is 13.2 Å². The molecule has 0 saturated heterocycles. The number of halogens is 3. The first-order chi connectivity index (χ1) is 12.6. The molecule has 1 N–H and O–H groups in total. The number of benzene rings is 2. The smallest absolute Gasteiger partial charge is 0.419 e. The molecule has 1 unspecified atom stereocenters. The number of nitrogens with zero attached hydrogens (tertiary/aromatic N) is 1. The second kappa shape index (κ2) is 8.79. The third kappa shape index (κ3) is 5.25. The van der Waals surface area contributed by atoms with Crippen molar-refractivity contribution >= 4 is 0 Å². The van der Waals surface area contributed by atoms with E-state index in [2.05, 4.69) is 32.6 Å². The van der Waals surface area contributed by atoms with Crippen LogP contribution in [0.3, 0.4) is 0 Å². The van der Waals surface area contributed by atoms with Crippen LogP contribution in [0, 0.1) is 0 Å². The van der Waals surface area contributed by atoms with Crippen molar-refractivity contribution in [2.45, 2.75) is 58.3 Å². The van der Waals surface area contributed by atoms with Crippen LogP contribution < -0.4 is 0 Å². The summed E-state index contributed by atoms with van der Waals surface area (Å²) < 4.78 is 39.8. The lowest BCUT2D eigenvalue weighted by Crippen LogP contribution is -2.38. The highest BCUT2D eigenvalue weighted by molar-refractivity contribution is 5.47. The number of phenolic OH excluding ortho intramolecular Hbond substituents is 1. The van der Waals surface area contributed by atoms with Gasteiger partial charge in [-0.15, -0.1) is 0 Å². The molecule has 0 amide bonds. The highest BCUT2D eigenvalue weighted by Crippen LogP contribution is 2.42. The van der Waals surface area contributed by atoms with Gasteiger partial charge in [0, 0.05) is 23.6 Å². The highest BCUT2D eigenvalue weighted by Gasteiger charge is 2.35. The molecule has 0 aliphatic heterocycles. The number of phenols is 1. The fraction of sp³-hybridized carbons (Fsp3) is 0.455. The van der Waals surface area contributed by atoms with E-state index < -0.39 is 17.5 Å². The Kier molecular flexibility index (Phi) is 6.93. The Morgan fingerprint density at radius 2 is 1.48 bits per heavy atom. The molecule has 0 fully saturated rings. The van der Waals surface area contributed by atoms with Crippen molar-refractivity contribution in [3.63, 3.8) is 0 Å². The molecule has 0 heterocycles. The number of rotatable bonds is 7. The summed E-state index contributed by atoms with van der Waals surface area (Å²) in [5, 5.41) is 10.4. The lowest BCUT2D eigenvalue weighted by atomic mass is 9.86. The van der Waals surface area contributed by atoms with E-state index in [9.17, 15) is 18.3 Å². The van der Waals surface area contributed by atoms with Crippen LogP contribution in [-0.4, -0.2) is 28.6 Å². The molecule has 0 radical (unpaired) electrons. The van der Waals surface area contributed by atoms with E-state index in [1.54, 1.807) is 6.07 Å². The standard InChI is InChI=1S/C22H28F3NO/c1-15(2)26(16(3)4)14-13-18(17-9-6-5-7-10-17)19-11-8-12-20(21(19)27)22(23,24)25/h5-12,15-16,18,27H,13-14H2,1-4H3. The van der Waals surface area contributed by atoms with Crippen LogP contribution in [0.1, 0.15) is 56.7 Å². The van der Waals surface area contributed by atoms with E-state index in [0.29, 0.717) is 24.1 Å². The zero-order valence-corrected chi connectivity index (χ0v) is 16.3. The average molecular weight is 379 g/mol. The second-order valence-corrected chi connectivity index (χ2v) is 7.42. The molecule has 0 spiro atoms. The Labute approximate surface area is 159 Å². The van der Waals surface area contributed by atoms with E-state index in [1.807, 2.05) is 30.3 Å². The molecular weight excluding hydrogens is 351 g/mol. The van der Waals surface area contributed by atoms with Crippen molar-refractivity contribution in [3.05, 3.63) is 65.2 Å². The zero-order chi connectivity index (χ0) is 20.2. The van der Waals surface area contributed by atoms with Gasteiger partial charge in [-0.1, -0.05) is 42.5 Å². The summed E-state index contributed by atoms with van der Waals surface area (Å²) in [7, 11) is 0. The first-order valence-electron chi connectivity index (χ1n) is 9.32. The number of hydrogen-bond donors (Lipinski definition) is 1. The van der Waals surface area contributed by atoms with Gasteiger partial charge in [0.2, 0.25) is 0 Å². The Hall–Kier alpha value is -2.01. The number of aromatic hydroxyl groups is 1. The Bertz CT molecular complexity index is 718. The van der Waals surface area contributed by atoms with E-state index in [0.717, 1.165) is 18.2 Å². The van der Waals surface area contributed by atoms with Crippen molar-refractivity contribution in [3.8, 4) is 5.75 Å². The van der Waals surface area contributed by atoms with E-state index in [4.69, 9.17) is 0 Å². The molecule has 148 valence electrons. The van der Waals surface area contributed by atoms with E-state index in [1.165, 1.54) is 6.07 Å². The average Bonchev–Trinajstić information content (AvgIpc) is 2.58. The molecular formula is C22H28F3NO. The Morgan fingerprint density at radius 1 is 0.889 bits per heavy atom. The maximum Gasteiger partial charge on any atom is 0.419 e. The number of hydrogen-bond acceptors (Lipinski definition) is 2. The quantitative estimate of drug-likeness (QED) is 0.633. The summed E-state index contributed by atoms with van der Waals surface area (Å²) in [6, 6.07) is 14.0. The molecule has 0 aromatic heterocycles. The summed E-state index contributed by atoms with van der Waals surface area (Å²) in [6.07, 6.45) is -3.96. The van der Waals surface area contributed by atoms with Crippen molar-refractivity contribution < 1.29 is 18.3 Å². The van der Waals surface area contributed by atoms with Crippen LogP contribution in [0.2, 0.25) is 0 Å². The largest absolute Gasteiger partial charge is 0.507 e. The topological polar surface area (TPSA) is 23.5 Å². The van der Waals surface area contributed by atoms with Crippen LogP contribution in [0.4, 0.5) is 13.2 Å². The van der Waals surface area contributed by atoms with Gasteiger partial charge in [-0.25, -0.2) is 0 Å². The summed E-state index contributed by atoms with van der Waals surface area (Å²) in [5.74, 6) is -0.979. The van der Waals surface area contributed by atoms with Gasteiger partial charge in [-0.05, 0) is 52.3 Å². The molecule has 5 heteroatoms. The summed E-state index contributed by atoms with van der Waals surface area (Å²) in [4.78, 5) is 2.31. The Morgan fingerprint density at radius 3 is 2.00 bits per heavy atom. The summed E-state index contributed by atoms with van der Waals surface area (Å²) >= 11 is 0. The van der Waals surface area contributed by atoms with Crippen LogP contribution in [0.15, 0.2) is 48.5 Å². The third-order valence-corrected chi connectivity index (χ3v) is 4.95. The van der Waals surface area contributed by atoms with Crippen molar-refractivity contribution in [1.29, 1.82) is 0 Å². The molecule has 27 heavy (non-hydrogen) atoms. The van der Waals surface area contributed by atoms with Gasteiger partial charge in [0.05, 0.1) is 5.56 Å². The fourth-order valence-corrected chi connectivity index (χ4v) is 3.65. The second-order valence-electron chi connectivity index (χ2n) is 7.42. The van der Waals surface area contributed by atoms with Crippen molar-refractivity contribution in [1.82, 2.24) is 4.90 Å². The minimum absolute atomic E-state index is 0.312. The van der Waals surface area contributed by atoms with Gasteiger partial charge in [0.15, 0.2) is 0 Å². The normalized spacial score (nSPS) is 13.6. The molecule has 2 aromatic rings. The minimum atomic E-state index is -4.58. The van der Waals surface area contributed by atoms with Gasteiger partial charge >= 0.3 is 6.18 Å². The fourth-order valence-electron chi connectivity index (χ4n) is 3.65. The Balaban J connectivity index is 2.43. The van der Waals surface area contributed by atoms with Crippen LogP contribution in [0.5, 0.6) is 5.75 Å². The number of para-hydroxylation sites is 1. The van der Waals surface area contributed by atoms with Gasteiger partial charge in [-0.3, -0.25) is 4.90 Å². The number of alkyl halides is 3.